The number of nitrogens with zero attached hydrogens (tertiary/aromatic N) is 1. The highest BCUT2D eigenvalue weighted by Crippen LogP contribution is 2.26. The maximum Gasteiger partial charge on any atom is 0.0586 e. The molecule has 0 aromatic rings. The molecule has 0 amide bonds. The van der Waals surface area contributed by atoms with Crippen molar-refractivity contribution in [1.82, 2.24) is 4.90 Å². The van der Waals surface area contributed by atoms with E-state index in [2.05, 4.69) is 25.7 Å². The van der Waals surface area contributed by atoms with Gasteiger partial charge in [0.2, 0.25) is 0 Å². The van der Waals surface area contributed by atoms with E-state index in [0.717, 1.165) is 5.92 Å². The smallest absolute Gasteiger partial charge is 0.0586 e. The molecule has 84 valence electrons. The van der Waals surface area contributed by atoms with Crippen LogP contribution in [0.15, 0.2) is 0 Å². The maximum absolute atomic E-state index is 9.32. The lowest BCUT2D eigenvalue weighted by Crippen LogP contribution is -2.49. The Labute approximate surface area is 88.3 Å². The highest BCUT2D eigenvalue weighted by molar-refractivity contribution is 4.83. The van der Waals surface area contributed by atoms with Crippen molar-refractivity contribution in [3.63, 3.8) is 0 Å². The van der Waals surface area contributed by atoms with Gasteiger partial charge in [-0.05, 0) is 32.1 Å². The first kappa shape index (κ1) is 12.0. The minimum atomic E-state index is 0.334. The van der Waals surface area contributed by atoms with E-state index in [1.54, 1.807) is 0 Å². The van der Waals surface area contributed by atoms with E-state index in [1.807, 2.05) is 0 Å². The number of hydrogen-bond donors (Lipinski definition) is 1. The predicted octanol–water partition coefficient (Wildman–Crippen LogP) is 2.27. The van der Waals surface area contributed by atoms with Crippen LogP contribution in [-0.4, -0.2) is 35.2 Å². The first-order valence-electron chi connectivity index (χ1n) is 6.09. The van der Waals surface area contributed by atoms with Gasteiger partial charge >= 0.3 is 0 Å². The topological polar surface area (TPSA) is 23.5 Å². The van der Waals surface area contributed by atoms with Crippen molar-refractivity contribution in [2.75, 3.05) is 13.2 Å². The first-order chi connectivity index (χ1) is 6.72. The second-order valence-corrected chi connectivity index (χ2v) is 4.64. The molecule has 1 N–H and O–H groups in total. The van der Waals surface area contributed by atoms with Gasteiger partial charge in [0.05, 0.1) is 6.61 Å². The molecule has 3 atom stereocenters. The number of hydrogen-bond acceptors (Lipinski definition) is 2. The fourth-order valence-electron chi connectivity index (χ4n) is 2.44. The molecule has 1 heterocycles. The van der Waals surface area contributed by atoms with Crippen LogP contribution in [-0.2, 0) is 0 Å². The second kappa shape index (κ2) is 5.72. The average Bonchev–Trinajstić information content (AvgIpc) is 2.27. The number of aliphatic hydroxyl groups is 1. The number of likely N-dealkylation sites (tertiary alicyclic amines) is 1. The Balaban J connectivity index is 2.55. The van der Waals surface area contributed by atoms with Crippen LogP contribution in [0.3, 0.4) is 0 Å². The molecule has 0 aromatic heterocycles. The minimum absolute atomic E-state index is 0.334. The van der Waals surface area contributed by atoms with Gasteiger partial charge in [0.1, 0.15) is 0 Å². The van der Waals surface area contributed by atoms with Crippen molar-refractivity contribution in [3.05, 3.63) is 0 Å². The van der Waals surface area contributed by atoms with Crippen LogP contribution < -0.4 is 0 Å². The Bertz CT molecular complexity index is 160. The molecule has 0 aliphatic carbocycles. The second-order valence-electron chi connectivity index (χ2n) is 4.64. The van der Waals surface area contributed by atoms with Crippen molar-refractivity contribution in [2.24, 2.45) is 5.92 Å². The van der Waals surface area contributed by atoms with Gasteiger partial charge in [0, 0.05) is 18.6 Å². The van der Waals surface area contributed by atoms with E-state index in [4.69, 9.17) is 0 Å². The molecule has 1 rings (SSSR count). The van der Waals surface area contributed by atoms with Crippen molar-refractivity contribution in [2.45, 2.75) is 58.5 Å². The SMILES string of the molecule is CCC1CCC(CO)N(C(C)CC)C1. The third-order valence-corrected chi connectivity index (χ3v) is 3.79. The third kappa shape index (κ3) is 2.71. The standard InChI is InChI=1S/C12H25NO/c1-4-10(3)13-8-11(5-2)6-7-12(13)9-14/h10-12,14H,4-9H2,1-3H3. The highest BCUT2D eigenvalue weighted by atomic mass is 16.3. The van der Waals surface area contributed by atoms with Gasteiger partial charge in [-0.2, -0.15) is 0 Å². The molecule has 2 heteroatoms. The van der Waals surface area contributed by atoms with Gasteiger partial charge in [0.25, 0.3) is 0 Å². The van der Waals surface area contributed by atoms with Gasteiger partial charge in [-0.1, -0.05) is 20.3 Å². The number of rotatable bonds is 4. The summed E-state index contributed by atoms with van der Waals surface area (Å²) in [5.41, 5.74) is 0. The molecule has 14 heavy (non-hydrogen) atoms. The average molecular weight is 199 g/mol. The fraction of sp³-hybridized carbons (Fsp3) is 1.00. The molecule has 1 aliphatic rings. The van der Waals surface area contributed by atoms with E-state index in [0.29, 0.717) is 18.7 Å². The molecule has 1 saturated heterocycles. The molecule has 3 unspecified atom stereocenters. The van der Waals surface area contributed by atoms with E-state index < -0.39 is 0 Å². The van der Waals surface area contributed by atoms with Crippen LogP contribution >= 0.6 is 0 Å². The molecule has 2 nitrogen and oxygen atoms in total. The van der Waals surface area contributed by atoms with Crippen molar-refractivity contribution >= 4 is 0 Å². The van der Waals surface area contributed by atoms with Crippen molar-refractivity contribution in [1.29, 1.82) is 0 Å². The highest BCUT2D eigenvalue weighted by Gasteiger charge is 2.29. The van der Waals surface area contributed by atoms with Crippen LogP contribution in [0, 0.1) is 5.92 Å². The number of piperidine rings is 1. The Hall–Kier alpha value is -0.0800. The zero-order chi connectivity index (χ0) is 10.6. The fourth-order valence-corrected chi connectivity index (χ4v) is 2.44. The normalized spacial score (nSPS) is 31.7. The van der Waals surface area contributed by atoms with Gasteiger partial charge < -0.3 is 5.11 Å². The maximum atomic E-state index is 9.32. The summed E-state index contributed by atoms with van der Waals surface area (Å²) in [4.78, 5) is 2.51. The van der Waals surface area contributed by atoms with Gasteiger partial charge in [0.15, 0.2) is 0 Å². The molecule has 0 spiro atoms. The summed E-state index contributed by atoms with van der Waals surface area (Å²) in [6, 6.07) is 1.05. The van der Waals surface area contributed by atoms with E-state index in [9.17, 15) is 5.11 Å². The molecule has 0 bridgehead atoms. The van der Waals surface area contributed by atoms with Gasteiger partial charge in [-0.3, -0.25) is 4.90 Å². The van der Waals surface area contributed by atoms with Crippen LogP contribution in [0.4, 0.5) is 0 Å². The van der Waals surface area contributed by atoms with E-state index in [1.165, 1.54) is 32.2 Å². The largest absolute Gasteiger partial charge is 0.395 e. The minimum Gasteiger partial charge on any atom is -0.395 e. The zero-order valence-electron chi connectivity index (χ0n) is 9.87. The summed E-state index contributed by atoms with van der Waals surface area (Å²) in [7, 11) is 0. The molecule has 1 fully saturated rings. The van der Waals surface area contributed by atoms with Gasteiger partial charge in [-0.25, -0.2) is 0 Å². The van der Waals surface area contributed by atoms with Crippen molar-refractivity contribution < 1.29 is 5.11 Å². The molecule has 0 radical (unpaired) electrons. The summed E-state index contributed by atoms with van der Waals surface area (Å²) >= 11 is 0. The third-order valence-electron chi connectivity index (χ3n) is 3.79. The zero-order valence-corrected chi connectivity index (χ0v) is 9.87. The molecule has 0 saturated carbocycles. The molecular weight excluding hydrogens is 174 g/mol. The van der Waals surface area contributed by atoms with Crippen LogP contribution in [0.2, 0.25) is 0 Å². The molecule has 0 aromatic carbocycles. The summed E-state index contributed by atoms with van der Waals surface area (Å²) in [6.45, 7) is 8.31. The molecular formula is C12H25NO. The Kier molecular flexibility index (Phi) is 4.90. The quantitative estimate of drug-likeness (QED) is 0.751. The Morgan fingerprint density at radius 2 is 2.07 bits per heavy atom. The first-order valence-corrected chi connectivity index (χ1v) is 6.09. The lowest BCUT2D eigenvalue weighted by Gasteiger charge is -2.42. The lowest BCUT2D eigenvalue weighted by molar-refractivity contribution is 0.0324. The van der Waals surface area contributed by atoms with Crippen LogP contribution in [0.1, 0.15) is 46.5 Å². The summed E-state index contributed by atoms with van der Waals surface area (Å²) in [5.74, 6) is 0.854. The Morgan fingerprint density at radius 3 is 2.57 bits per heavy atom. The molecule has 1 aliphatic heterocycles. The number of aliphatic hydroxyl groups excluding tert-OH is 1. The van der Waals surface area contributed by atoms with Crippen LogP contribution in [0.25, 0.3) is 0 Å². The monoisotopic (exact) mass is 199 g/mol. The Morgan fingerprint density at radius 1 is 1.36 bits per heavy atom. The summed E-state index contributed by atoms with van der Waals surface area (Å²) < 4.78 is 0. The van der Waals surface area contributed by atoms with Crippen LogP contribution in [0.5, 0.6) is 0 Å². The lowest BCUT2D eigenvalue weighted by atomic mass is 9.90. The predicted molar refractivity (Wildman–Crippen MR) is 60.3 cm³/mol. The van der Waals surface area contributed by atoms with Gasteiger partial charge in [-0.15, -0.1) is 0 Å². The van der Waals surface area contributed by atoms with E-state index in [-0.39, 0.29) is 0 Å². The van der Waals surface area contributed by atoms with E-state index >= 15 is 0 Å². The summed E-state index contributed by atoms with van der Waals surface area (Å²) in [6.07, 6.45) is 4.95. The summed E-state index contributed by atoms with van der Waals surface area (Å²) in [5, 5.41) is 9.32. The van der Waals surface area contributed by atoms with Crippen molar-refractivity contribution in [3.8, 4) is 0 Å².